The summed E-state index contributed by atoms with van der Waals surface area (Å²) in [5.41, 5.74) is 0. The average Bonchev–Trinajstić information content (AvgIpc) is 2.39. The summed E-state index contributed by atoms with van der Waals surface area (Å²) >= 11 is 0. The Morgan fingerprint density at radius 2 is 2.11 bits per heavy atom. The van der Waals surface area contributed by atoms with Gasteiger partial charge < -0.3 is 14.4 Å². The summed E-state index contributed by atoms with van der Waals surface area (Å²) in [4.78, 5) is 33.6. The van der Waals surface area contributed by atoms with E-state index in [1.807, 2.05) is 0 Å². The first-order valence-corrected chi connectivity index (χ1v) is 5.62. The van der Waals surface area contributed by atoms with Crippen molar-refractivity contribution in [3.05, 3.63) is 12.2 Å². The maximum Gasteiger partial charge on any atom is 0.410 e. The molecule has 6 heteroatoms. The number of likely N-dealkylation sites (N-methyl/N-ethyl adjacent to an activating group) is 1. The SMILES string of the molecule is COCCN(C)C(=O)OC(C=O)CCC=CC=O. The van der Waals surface area contributed by atoms with E-state index in [2.05, 4.69) is 0 Å². The van der Waals surface area contributed by atoms with Crippen molar-refractivity contribution in [2.75, 3.05) is 27.3 Å². The predicted octanol–water partition coefficient (Wildman–Crippen LogP) is 0.804. The minimum Gasteiger partial charge on any atom is -0.438 e. The molecule has 0 saturated carbocycles. The van der Waals surface area contributed by atoms with Crippen LogP contribution < -0.4 is 0 Å². The standard InChI is InChI=1S/C12H19NO5/c1-13(7-9-17-2)12(16)18-11(10-15)6-4-3-5-8-14/h3,5,8,10-11H,4,6-7,9H2,1-2H3. The zero-order chi connectivity index (χ0) is 13.8. The fraction of sp³-hybridized carbons (Fsp3) is 0.583. The Kier molecular flexibility index (Phi) is 9.48. The van der Waals surface area contributed by atoms with E-state index in [9.17, 15) is 14.4 Å². The molecule has 1 unspecified atom stereocenters. The molecule has 6 nitrogen and oxygen atoms in total. The van der Waals surface area contributed by atoms with Crippen LogP contribution in [0.5, 0.6) is 0 Å². The molecular weight excluding hydrogens is 238 g/mol. The molecule has 0 aliphatic heterocycles. The molecule has 0 aromatic heterocycles. The molecule has 0 aliphatic rings. The number of rotatable bonds is 9. The predicted molar refractivity (Wildman–Crippen MR) is 65.3 cm³/mol. The number of methoxy groups -OCH3 is 1. The third-order valence-electron chi connectivity index (χ3n) is 2.18. The van der Waals surface area contributed by atoms with E-state index in [1.54, 1.807) is 13.1 Å². The Morgan fingerprint density at radius 1 is 1.39 bits per heavy atom. The second kappa shape index (κ2) is 10.5. The van der Waals surface area contributed by atoms with Gasteiger partial charge in [-0.25, -0.2) is 4.79 Å². The van der Waals surface area contributed by atoms with Crippen LogP contribution in [0.1, 0.15) is 12.8 Å². The Bertz CT molecular complexity index is 290. The highest BCUT2D eigenvalue weighted by Crippen LogP contribution is 2.03. The normalized spacial score (nSPS) is 12.1. The van der Waals surface area contributed by atoms with Crippen molar-refractivity contribution in [2.24, 2.45) is 0 Å². The monoisotopic (exact) mass is 257 g/mol. The second-order valence-electron chi connectivity index (χ2n) is 3.61. The lowest BCUT2D eigenvalue weighted by atomic mass is 10.2. The molecule has 1 atom stereocenters. The van der Waals surface area contributed by atoms with Gasteiger partial charge in [-0.05, 0) is 18.9 Å². The molecule has 0 N–H and O–H groups in total. The summed E-state index contributed by atoms with van der Waals surface area (Å²) in [6, 6.07) is 0. The third kappa shape index (κ3) is 7.56. The summed E-state index contributed by atoms with van der Waals surface area (Å²) in [5, 5.41) is 0. The Hall–Kier alpha value is -1.69. The van der Waals surface area contributed by atoms with Crippen molar-refractivity contribution in [1.82, 2.24) is 4.90 Å². The largest absolute Gasteiger partial charge is 0.438 e. The number of hydrogen-bond acceptors (Lipinski definition) is 5. The van der Waals surface area contributed by atoms with Crippen molar-refractivity contribution < 1.29 is 23.9 Å². The lowest BCUT2D eigenvalue weighted by molar-refractivity contribution is -0.115. The van der Waals surface area contributed by atoms with Crippen LogP contribution in [0.2, 0.25) is 0 Å². The molecule has 1 amide bonds. The summed E-state index contributed by atoms with van der Waals surface area (Å²) in [5.74, 6) is 0. The second-order valence-corrected chi connectivity index (χ2v) is 3.61. The molecular formula is C12H19NO5. The molecule has 0 rings (SSSR count). The summed E-state index contributed by atoms with van der Waals surface area (Å²) in [6.07, 6.45) is 3.69. The van der Waals surface area contributed by atoms with Gasteiger partial charge in [0.05, 0.1) is 6.61 Å². The van der Waals surface area contributed by atoms with Crippen LogP contribution in [0.3, 0.4) is 0 Å². The third-order valence-corrected chi connectivity index (χ3v) is 2.18. The van der Waals surface area contributed by atoms with Crippen LogP contribution in [0.4, 0.5) is 4.79 Å². The van der Waals surface area contributed by atoms with Gasteiger partial charge >= 0.3 is 6.09 Å². The van der Waals surface area contributed by atoms with Gasteiger partial charge in [0.1, 0.15) is 6.29 Å². The van der Waals surface area contributed by atoms with E-state index in [0.29, 0.717) is 38.6 Å². The van der Waals surface area contributed by atoms with Crippen molar-refractivity contribution in [1.29, 1.82) is 0 Å². The molecule has 0 bridgehead atoms. The van der Waals surface area contributed by atoms with E-state index in [0.717, 1.165) is 0 Å². The lowest BCUT2D eigenvalue weighted by Crippen LogP contribution is -2.33. The van der Waals surface area contributed by atoms with Gasteiger partial charge in [0.2, 0.25) is 0 Å². The minimum atomic E-state index is -0.793. The molecule has 0 saturated heterocycles. The number of amides is 1. The fourth-order valence-corrected chi connectivity index (χ4v) is 1.11. The number of ether oxygens (including phenoxy) is 2. The number of hydrogen-bond donors (Lipinski definition) is 0. The Balaban J connectivity index is 4.02. The highest BCUT2D eigenvalue weighted by Gasteiger charge is 2.16. The molecule has 0 fully saturated rings. The molecule has 18 heavy (non-hydrogen) atoms. The van der Waals surface area contributed by atoms with E-state index in [-0.39, 0.29) is 0 Å². The van der Waals surface area contributed by atoms with Crippen LogP contribution >= 0.6 is 0 Å². The van der Waals surface area contributed by atoms with Crippen LogP contribution in [-0.2, 0) is 19.1 Å². The van der Waals surface area contributed by atoms with Crippen molar-refractivity contribution in [2.45, 2.75) is 18.9 Å². The van der Waals surface area contributed by atoms with Gasteiger partial charge in [0.15, 0.2) is 12.4 Å². The molecule has 0 radical (unpaired) electrons. The van der Waals surface area contributed by atoms with E-state index in [4.69, 9.17) is 9.47 Å². The Morgan fingerprint density at radius 3 is 2.67 bits per heavy atom. The maximum atomic E-state index is 11.5. The number of allylic oxidation sites excluding steroid dienone is 2. The topological polar surface area (TPSA) is 72.9 Å². The molecule has 0 spiro atoms. The lowest BCUT2D eigenvalue weighted by Gasteiger charge is -2.19. The molecule has 0 aliphatic carbocycles. The summed E-state index contributed by atoms with van der Waals surface area (Å²) < 4.78 is 9.80. The van der Waals surface area contributed by atoms with Crippen LogP contribution in [0.15, 0.2) is 12.2 Å². The first-order valence-electron chi connectivity index (χ1n) is 5.62. The van der Waals surface area contributed by atoms with Crippen LogP contribution in [0.25, 0.3) is 0 Å². The molecule has 0 aromatic carbocycles. The Labute approximate surface area is 107 Å². The zero-order valence-corrected chi connectivity index (χ0v) is 10.7. The van der Waals surface area contributed by atoms with Crippen molar-refractivity contribution in [3.63, 3.8) is 0 Å². The molecule has 0 aromatic rings. The fourth-order valence-electron chi connectivity index (χ4n) is 1.11. The van der Waals surface area contributed by atoms with E-state index in [1.165, 1.54) is 18.1 Å². The number of aldehydes is 2. The minimum absolute atomic E-state index is 0.359. The highest BCUT2D eigenvalue weighted by molar-refractivity contribution is 5.70. The first-order chi connectivity index (χ1) is 8.65. The van der Waals surface area contributed by atoms with Gasteiger partial charge in [-0.15, -0.1) is 0 Å². The van der Waals surface area contributed by atoms with Gasteiger partial charge in [0.25, 0.3) is 0 Å². The first kappa shape index (κ1) is 16.3. The number of carbonyl (C=O) groups excluding carboxylic acids is 3. The zero-order valence-electron chi connectivity index (χ0n) is 10.7. The molecule has 102 valence electrons. The molecule has 0 heterocycles. The van der Waals surface area contributed by atoms with Gasteiger partial charge in [-0.2, -0.15) is 0 Å². The smallest absolute Gasteiger partial charge is 0.410 e. The van der Waals surface area contributed by atoms with Gasteiger partial charge in [-0.1, -0.05) is 6.08 Å². The van der Waals surface area contributed by atoms with Crippen LogP contribution in [0, 0.1) is 0 Å². The number of nitrogens with zero attached hydrogens (tertiary/aromatic N) is 1. The summed E-state index contributed by atoms with van der Waals surface area (Å²) in [7, 11) is 3.10. The quantitative estimate of drug-likeness (QED) is 0.451. The maximum absolute atomic E-state index is 11.5. The average molecular weight is 257 g/mol. The number of carbonyl (C=O) groups is 3. The summed E-state index contributed by atoms with van der Waals surface area (Å²) in [6.45, 7) is 0.797. The van der Waals surface area contributed by atoms with E-state index >= 15 is 0 Å². The van der Waals surface area contributed by atoms with Gasteiger partial charge in [0, 0.05) is 20.7 Å². The van der Waals surface area contributed by atoms with Crippen LogP contribution in [-0.4, -0.2) is 57.0 Å². The van der Waals surface area contributed by atoms with Crippen molar-refractivity contribution >= 4 is 18.7 Å². The van der Waals surface area contributed by atoms with Crippen molar-refractivity contribution in [3.8, 4) is 0 Å². The highest BCUT2D eigenvalue weighted by atomic mass is 16.6. The van der Waals surface area contributed by atoms with E-state index < -0.39 is 12.2 Å². The van der Waals surface area contributed by atoms with Gasteiger partial charge in [-0.3, -0.25) is 9.59 Å².